The summed E-state index contributed by atoms with van der Waals surface area (Å²) in [5.74, 6) is 0.332. The molecule has 0 amide bonds. The highest BCUT2D eigenvalue weighted by atomic mass is 19.4. The van der Waals surface area contributed by atoms with E-state index in [0.717, 1.165) is 31.3 Å². The fourth-order valence-corrected chi connectivity index (χ4v) is 3.64. The molecule has 3 heterocycles. The SMILES string of the molecule is COc1cc2c(cc1Nc1ncc(C(F)(F)F)c(NCC3CNCCO3)n1)CNCC2. The molecule has 0 bridgehead atoms. The van der Waals surface area contributed by atoms with E-state index in [2.05, 4.69) is 31.2 Å². The minimum absolute atomic E-state index is 0.0419. The number of benzene rings is 1. The fraction of sp³-hybridized carbons (Fsp3) is 0.500. The number of halogens is 3. The summed E-state index contributed by atoms with van der Waals surface area (Å²) in [5, 5.41) is 12.2. The van der Waals surface area contributed by atoms with Crippen molar-refractivity contribution in [3.05, 3.63) is 35.0 Å². The van der Waals surface area contributed by atoms with Crippen molar-refractivity contribution in [2.24, 2.45) is 0 Å². The zero-order valence-corrected chi connectivity index (χ0v) is 17.1. The van der Waals surface area contributed by atoms with E-state index in [4.69, 9.17) is 9.47 Å². The number of fused-ring (bicyclic) bond motifs is 1. The van der Waals surface area contributed by atoms with E-state index >= 15 is 0 Å². The van der Waals surface area contributed by atoms with Crippen molar-refractivity contribution in [1.82, 2.24) is 20.6 Å². The Balaban J connectivity index is 1.58. The number of hydrogen-bond acceptors (Lipinski definition) is 8. The zero-order chi connectivity index (χ0) is 21.8. The average molecular weight is 438 g/mol. The molecule has 1 unspecified atom stereocenters. The normalized spacial score (nSPS) is 18.9. The molecule has 31 heavy (non-hydrogen) atoms. The van der Waals surface area contributed by atoms with Crippen LogP contribution in [0, 0.1) is 0 Å². The molecule has 0 radical (unpaired) electrons. The minimum atomic E-state index is -4.58. The van der Waals surface area contributed by atoms with Crippen LogP contribution < -0.4 is 26.0 Å². The number of anilines is 3. The van der Waals surface area contributed by atoms with Crippen molar-refractivity contribution in [3.63, 3.8) is 0 Å². The van der Waals surface area contributed by atoms with Gasteiger partial charge in [0.2, 0.25) is 5.95 Å². The first kappa shape index (κ1) is 21.6. The van der Waals surface area contributed by atoms with Gasteiger partial charge in [0, 0.05) is 32.4 Å². The van der Waals surface area contributed by atoms with Crippen LogP contribution >= 0.6 is 0 Å². The molecule has 4 N–H and O–H groups in total. The van der Waals surface area contributed by atoms with Crippen molar-refractivity contribution >= 4 is 17.5 Å². The molecule has 11 heteroatoms. The summed E-state index contributed by atoms with van der Waals surface area (Å²) < 4.78 is 51.4. The number of methoxy groups -OCH3 is 1. The summed E-state index contributed by atoms with van der Waals surface area (Å²) in [4.78, 5) is 7.99. The lowest BCUT2D eigenvalue weighted by atomic mass is 10.00. The largest absolute Gasteiger partial charge is 0.495 e. The Bertz CT molecular complexity index is 919. The second-order valence-corrected chi connectivity index (χ2v) is 7.40. The molecule has 1 atom stereocenters. The van der Waals surface area contributed by atoms with Crippen LogP contribution in [-0.4, -0.2) is 56.0 Å². The topological polar surface area (TPSA) is 92.4 Å². The zero-order valence-electron chi connectivity index (χ0n) is 17.1. The first-order chi connectivity index (χ1) is 14.9. The second-order valence-electron chi connectivity index (χ2n) is 7.40. The van der Waals surface area contributed by atoms with E-state index in [1.165, 1.54) is 5.56 Å². The summed E-state index contributed by atoms with van der Waals surface area (Å²) in [5.41, 5.74) is 1.94. The van der Waals surface area contributed by atoms with Crippen LogP contribution in [0.3, 0.4) is 0 Å². The van der Waals surface area contributed by atoms with Gasteiger partial charge < -0.3 is 30.7 Å². The molecule has 1 aromatic heterocycles. The molecule has 0 aliphatic carbocycles. The third-order valence-corrected chi connectivity index (χ3v) is 5.25. The number of alkyl halides is 3. The first-order valence-electron chi connectivity index (χ1n) is 10.1. The maximum atomic E-state index is 13.5. The summed E-state index contributed by atoms with van der Waals surface area (Å²) in [6, 6.07) is 3.85. The smallest absolute Gasteiger partial charge is 0.421 e. The van der Waals surface area contributed by atoms with Gasteiger partial charge in [0.25, 0.3) is 0 Å². The van der Waals surface area contributed by atoms with Gasteiger partial charge in [0.05, 0.1) is 25.5 Å². The van der Waals surface area contributed by atoms with Crippen molar-refractivity contribution in [1.29, 1.82) is 0 Å². The molecule has 2 aromatic rings. The molecular weight excluding hydrogens is 413 g/mol. The number of aromatic nitrogens is 2. The lowest BCUT2D eigenvalue weighted by molar-refractivity contribution is -0.137. The first-order valence-corrected chi connectivity index (χ1v) is 10.1. The van der Waals surface area contributed by atoms with Gasteiger partial charge in [-0.1, -0.05) is 0 Å². The second kappa shape index (κ2) is 9.25. The summed E-state index contributed by atoms with van der Waals surface area (Å²) in [6.45, 7) is 3.60. The number of hydrogen-bond donors (Lipinski definition) is 4. The molecule has 1 fully saturated rings. The average Bonchev–Trinajstić information content (AvgIpc) is 2.77. The van der Waals surface area contributed by atoms with Gasteiger partial charge in [0.15, 0.2) is 0 Å². The van der Waals surface area contributed by atoms with Crippen molar-refractivity contribution in [2.75, 3.05) is 50.5 Å². The standard InChI is InChI=1S/C20H25F3N6O2/c1-30-17-7-12-2-3-24-8-13(12)6-16(17)28-19-27-11-15(20(21,22)23)18(29-19)26-10-14-9-25-4-5-31-14/h6-7,11,14,24-25H,2-5,8-10H2,1H3,(H2,26,27,28,29). The van der Waals surface area contributed by atoms with Crippen molar-refractivity contribution < 1.29 is 22.6 Å². The maximum Gasteiger partial charge on any atom is 0.421 e. The van der Waals surface area contributed by atoms with Crippen LogP contribution in [0.15, 0.2) is 18.3 Å². The molecule has 0 saturated carbocycles. The van der Waals surface area contributed by atoms with Gasteiger partial charge in [-0.2, -0.15) is 18.2 Å². The van der Waals surface area contributed by atoms with Crippen molar-refractivity contribution in [3.8, 4) is 5.75 Å². The van der Waals surface area contributed by atoms with Crippen LogP contribution in [-0.2, 0) is 23.9 Å². The van der Waals surface area contributed by atoms with Crippen LogP contribution in [0.25, 0.3) is 0 Å². The number of morpholine rings is 1. The molecule has 1 aromatic carbocycles. The molecule has 168 valence electrons. The van der Waals surface area contributed by atoms with Gasteiger partial charge in [-0.15, -0.1) is 0 Å². The summed E-state index contributed by atoms with van der Waals surface area (Å²) in [6.07, 6.45) is -3.16. The van der Waals surface area contributed by atoms with Gasteiger partial charge in [-0.05, 0) is 36.2 Å². The molecule has 8 nitrogen and oxygen atoms in total. The maximum absolute atomic E-state index is 13.5. The highest BCUT2D eigenvalue weighted by Gasteiger charge is 2.35. The molecule has 0 spiro atoms. The summed E-state index contributed by atoms with van der Waals surface area (Å²) in [7, 11) is 1.55. The predicted octanol–water partition coefficient (Wildman–Crippen LogP) is 2.29. The van der Waals surface area contributed by atoms with Crippen LogP contribution in [0.2, 0.25) is 0 Å². The summed E-state index contributed by atoms with van der Waals surface area (Å²) >= 11 is 0. The fourth-order valence-electron chi connectivity index (χ4n) is 3.64. The van der Waals surface area contributed by atoms with Crippen LogP contribution in [0.1, 0.15) is 16.7 Å². The molecule has 2 aliphatic heterocycles. The van der Waals surface area contributed by atoms with Gasteiger partial charge >= 0.3 is 6.18 Å². The van der Waals surface area contributed by atoms with E-state index in [1.54, 1.807) is 7.11 Å². The Labute approximate surface area is 177 Å². The minimum Gasteiger partial charge on any atom is -0.495 e. The van der Waals surface area contributed by atoms with E-state index in [9.17, 15) is 13.2 Å². The highest BCUT2D eigenvalue weighted by Crippen LogP contribution is 2.35. The number of nitrogens with one attached hydrogen (secondary N) is 4. The van der Waals surface area contributed by atoms with E-state index < -0.39 is 11.7 Å². The van der Waals surface area contributed by atoms with Crippen LogP contribution in [0.5, 0.6) is 5.75 Å². The number of nitrogens with zero attached hydrogens (tertiary/aromatic N) is 2. The van der Waals surface area contributed by atoms with E-state index in [0.29, 0.717) is 31.1 Å². The molecule has 4 rings (SSSR count). The monoisotopic (exact) mass is 438 g/mol. The van der Waals surface area contributed by atoms with Gasteiger partial charge in [-0.3, -0.25) is 0 Å². The van der Waals surface area contributed by atoms with Crippen molar-refractivity contribution in [2.45, 2.75) is 25.2 Å². The quantitative estimate of drug-likeness (QED) is 0.546. The Morgan fingerprint density at radius 3 is 2.84 bits per heavy atom. The lowest BCUT2D eigenvalue weighted by Gasteiger charge is -2.24. The Kier molecular flexibility index (Phi) is 6.44. The number of ether oxygens (including phenoxy) is 2. The van der Waals surface area contributed by atoms with E-state index in [-0.39, 0.29) is 24.4 Å². The van der Waals surface area contributed by atoms with E-state index in [1.807, 2.05) is 12.1 Å². The Hall–Kier alpha value is -2.63. The molecule has 2 aliphatic rings. The van der Waals surface area contributed by atoms with Crippen LogP contribution in [0.4, 0.5) is 30.6 Å². The third-order valence-electron chi connectivity index (χ3n) is 5.25. The molecular formula is C20H25F3N6O2. The Morgan fingerprint density at radius 2 is 2.10 bits per heavy atom. The predicted molar refractivity (Wildman–Crippen MR) is 110 cm³/mol. The third kappa shape index (κ3) is 5.17. The van der Waals surface area contributed by atoms with Gasteiger partial charge in [-0.25, -0.2) is 4.98 Å². The molecule has 1 saturated heterocycles. The lowest BCUT2D eigenvalue weighted by Crippen LogP contribution is -2.42. The van der Waals surface area contributed by atoms with Gasteiger partial charge in [0.1, 0.15) is 17.1 Å². The number of rotatable bonds is 6. The highest BCUT2D eigenvalue weighted by molar-refractivity contribution is 5.66. The Morgan fingerprint density at radius 1 is 1.23 bits per heavy atom.